The molecule has 0 spiro atoms. The summed E-state index contributed by atoms with van der Waals surface area (Å²) in [5.74, 6) is -0.109. The second kappa shape index (κ2) is 7.65. The Bertz CT molecular complexity index is 762. The number of carbonyl (C=O) groups excluding carboxylic acids is 2. The summed E-state index contributed by atoms with van der Waals surface area (Å²) in [5, 5.41) is 0. The monoisotopic (exact) mass is 358 g/mol. The SMILES string of the molecule is CN(C)c1ncccc1C(=O)NNC(=O)c1cc2c(s1)CCCCC2. The van der Waals surface area contributed by atoms with Crippen molar-refractivity contribution in [2.75, 3.05) is 19.0 Å². The third-order valence-corrected chi connectivity index (χ3v) is 5.45. The molecule has 0 unspecified atom stereocenters. The number of hydrogen-bond acceptors (Lipinski definition) is 5. The zero-order valence-corrected chi connectivity index (χ0v) is 15.3. The first-order valence-corrected chi connectivity index (χ1v) is 9.22. The minimum Gasteiger partial charge on any atom is -0.362 e. The number of hydrazine groups is 1. The smallest absolute Gasteiger partial charge is 0.279 e. The normalized spacial score (nSPS) is 13.5. The van der Waals surface area contributed by atoms with Crippen molar-refractivity contribution in [3.05, 3.63) is 45.3 Å². The number of hydrogen-bond donors (Lipinski definition) is 2. The van der Waals surface area contributed by atoms with Crippen LogP contribution in [0.2, 0.25) is 0 Å². The lowest BCUT2D eigenvalue weighted by atomic mass is 10.1. The van der Waals surface area contributed by atoms with Gasteiger partial charge in [-0.2, -0.15) is 0 Å². The van der Waals surface area contributed by atoms with Gasteiger partial charge in [-0.1, -0.05) is 6.42 Å². The summed E-state index contributed by atoms with van der Waals surface area (Å²) >= 11 is 1.53. The van der Waals surface area contributed by atoms with Gasteiger partial charge in [0.05, 0.1) is 10.4 Å². The molecule has 0 fully saturated rings. The number of thiophene rings is 1. The topological polar surface area (TPSA) is 74.3 Å². The zero-order valence-electron chi connectivity index (χ0n) is 14.5. The first-order valence-electron chi connectivity index (χ1n) is 8.41. The summed E-state index contributed by atoms with van der Waals surface area (Å²) in [6.45, 7) is 0. The lowest BCUT2D eigenvalue weighted by Gasteiger charge is -2.15. The molecule has 1 aliphatic carbocycles. The van der Waals surface area contributed by atoms with Gasteiger partial charge in [-0.15, -0.1) is 11.3 Å². The van der Waals surface area contributed by atoms with E-state index >= 15 is 0 Å². The lowest BCUT2D eigenvalue weighted by molar-refractivity contribution is 0.0849. The standard InChI is InChI=1S/C18H22N4O2S/c1-22(2)16-13(8-6-10-19-16)17(23)20-21-18(24)15-11-12-7-4-3-5-9-14(12)25-15/h6,8,10-11H,3-5,7,9H2,1-2H3,(H,20,23)(H,21,24). The number of carbonyl (C=O) groups is 2. The van der Waals surface area contributed by atoms with Crippen molar-refractivity contribution in [3.8, 4) is 0 Å². The molecule has 0 aromatic carbocycles. The number of aromatic nitrogens is 1. The minimum atomic E-state index is -0.386. The molecule has 1 aliphatic rings. The van der Waals surface area contributed by atoms with E-state index in [0.29, 0.717) is 16.3 Å². The van der Waals surface area contributed by atoms with E-state index < -0.39 is 0 Å². The Morgan fingerprint density at radius 3 is 2.68 bits per heavy atom. The van der Waals surface area contributed by atoms with Crippen LogP contribution in [0, 0.1) is 0 Å². The van der Waals surface area contributed by atoms with Crippen LogP contribution in [0.25, 0.3) is 0 Å². The van der Waals surface area contributed by atoms with E-state index in [9.17, 15) is 9.59 Å². The molecule has 0 saturated carbocycles. The van der Waals surface area contributed by atoms with Gasteiger partial charge in [0.1, 0.15) is 5.82 Å². The van der Waals surface area contributed by atoms with Gasteiger partial charge < -0.3 is 4.90 Å². The fraction of sp³-hybridized carbons (Fsp3) is 0.389. The van der Waals surface area contributed by atoms with Crippen LogP contribution in [0.15, 0.2) is 24.4 Å². The van der Waals surface area contributed by atoms with E-state index in [1.807, 2.05) is 20.2 Å². The number of rotatable bonds is 3. The minimum absolute atomic E-state index is 0.276. The Morgan fingerprint density at radius 1 is 1.12 bits per heavy atom. The van der Waals surface area contributed by atoms with Crippen molar-refractivity contribution in [2.24, 2.45) is 0 Å². The van der Waals surface area contributed by atoms with E-state index in [4.69, 9.17) is 0 Å². The summed E-state index contributed by atoms with van der Waals surface area (Å²) in [6.07, 6.45) is 7.31. The molecule has 2 aromatic heterocycles. The van der Waals surface area contributed by atoms with Crippen LogP contribution in [0.5, 0.6) is 0 Å². The van der Waals surface area contributed by atoms with Crippen molar-refractivity contribution in [1.82, 2.24) is 15.8 Å². The number of aryl methyl sites for hydroxylation is 2. The molecule has 0 saturated heterocycles. The van der Waals surface area contributed by atoms with E-state index in [1.165, 1.54) is 41.0 Å². The Morgan fingerprint density at radius 2 is 1.88 bits per heavy atom. The third kappa shape index (κ3) is 3.99. The molecule has 25 heavy (non-hydrogen) atoms. The molecule has 0 radical (unpaired) electrons. The first-order chi connectivity index (χ1) is 12.1. The summed E-state index contributed by atoms with van der Waals surface area (Å²) in [6, 6.07) is 5.33. The summed E-state index contributed by atoms with van der Waals surface area (Å²) < 4.78 is 0. The van der Waals surface area contributed by atoms with Crippen LogP contribution in [0.4, 0.5) is 5.82 Å². The molecule has 132 valence electrons. The lowest BCUT2D eigenvalue weighted by Crippen LogP contribution is -2.41. The van der Waals surface area contributed by atoms with E-state index in [-0.39, 0.29) is 11.8 Å². The van der Waals surface area contributed by atoms with Gasteiger partial charge in [0.2, 0.25) is 0 Å². The highest BCUT2D eigenvalue weighted by molar-refractivity contribution is 7.14. The van der Waals surface area contributed by atoms with Crippen LogP contribution in [-0.2, 0) is 12.8 Å². The fourth-order valence-electron chi connectivity index (χ4n) is 2.95. The number of anilines is 1. The number of pyridine rings is 1. The molecule has 2 N–H and O–H groups in total. The van der Waals surface area contributed by atoms with Gasteiger partial charge in [-0.05, 0) is 49.4 Å². The van der Waals surface area contributed by atoms with Gasteiger partial charge in [-0.25, -0.2) is 4.98 Å². The van der Waals surface area contributed by atoms with Crippen molar-refractivity contribution in [1.29, 1.82) is 0 Å². The molecule has 2 amide bonds. The Hall–Kier alpha value is -2.41. The summed E-state index contributed by atoms with van der Waals surface area (Å²) in [7, 11) is 3.63. The quantitative estimate of drug-likeness (QED) is 0.653. The number of amides is 2. The van der Waals surface area contributed by atoms with Gasteiger partial charge in [0.15, 0.2) is 0 Å². The first kappa shape index (κ1) is 17.4. The van der Waals surface area contributed by atoms with Crippen molar-refractivity contribution < 1.29 is 9.59 Å². The molecular formula is C18H22N4O2S. The molecule has 6 nitrogen and oxygen atoms in total. The molecule has 2 heterocycles. The zero-order chi connectivity index (χ0) is 17.8. The number of fused-ring (bicyclic) bond motifs is 1. The van der Waals surface area contributed by atoms with Gasteiger partial charge in [0.25, 0.3) is 11.8 Å². The van der Waals surface area contributed by atoms with Crippen LogP contribution in [0.1, 0.15) is 49.7 Å². The second-order valence-electron chi connectivity index (χ2n) is 6.30. The second-order valence-corrected chi connectivity index (χ2v) is 7.43. The molecular weight excluding hydrogens is 336 g/mol. The molecule has 3 rings (SSSR count). The van der Waals surface area contributed by atoms with Gasteiger partial charge in [-0.3, -0.25) is 20.4 Å². The average molecular weight is 358 g/mol. The fourth-order valence-corrected chi connectivity index (χ4v) is 4.10. The molecule has 0 bridgehead atoms. The molecule has 0 aliphatic heterocycles. The van der Waals surface area contributed by atoms with E-state index in [0.717, 1.165) is 12.8 Å². The summed E-state index contributed by atoms with van der Waals surface area (Å²) in [5.41, 5.74) is 6.69. The Labute approximate surface area is 151 Å². The Balaban J connectivity index is 1.66. The van der Waals surface area contributed by atoms with Crippen molar-refractivity contribution in [2.45, 2.75) is 32.1 Å². The maximum atomic E-state index is 12.4. The predicted molar refractivity (Wildman–Crippen MR) is 99.1 cm³/mol. The van der Waals surface area contributed by atoms with Crippen LogP contribution in [0.3, 0.4) is 0 Å². The number of nitrogens with one attached hydrogen (secondary N) is 2. The Kier molecular flexibility index (Phi) is 5.33. The highest BCUT2D eigenvalue weighted by atomic mass is 32.1. The maximum Gasteiger partial charge on any atom is 0.279 e. The van der Waals surface area contributed by atoms with E-state index in [1.54, 1.807) is 23.2 Å². The van der Waals surface area contributed by atoms with Crippen molar-refractivity contribution >= 4 is 29.0 Å². The van der Waals surface area contributed by atoms with Crippen LogP contribution < -0.4 is 15.8 Å². The van der Waals surface area contributed by atoms with Gasteiger partial charge in [0, 0.05) is 25.2 Å². The van der Waals surface area contributed by atoms with Crippen molar-refractivity contribution in [3.63, 3.8) is 0 Å². The summed E-state index contributed by atoms with van der Waals surface area (Å²) in [4.78, 5) is 32.6. The average Bonchev–Trinajstić information content (AvgIpc) is 2.90. The predicted octanol–water partition coefficient (Wildman–Crippen LogP) is 2.55. The third-order valence-electron chi connectivity index (χ3n) is 4.21. The molecule has 7 heteroatoms. The largest absolute Gasteiger partial charge is 0.362 e. The van der Waals surface area contributed by atoms with Crippen LogP contribution >= 0.6 is 11.3 Å². The highest BCUT2D eigenvalue weighted by Gasteiger charge is 2.18. The number of nitrogens with zero attached hydrogens (tertiary/aromatic N) is 2. The molecule has 0 atom stereocenters. The maximum absolute atomic E-state index is 12.4. The van der Waals surface area contributed by atoms with Gasteiger partial charge >= 0.3 is 0 Å². The van der Waals surface area contributed by atoms with Crippen LogP contribution in [-0.4, -0.2) is 30.9 Å². The van der Waals surface area contributed by atoms with E-state index in [2.05, 4.69) is 15.8 Å². The highest BCUT2D eigenvalue weighted by Crippen LogP contribution is 2.28. The molecule has 2 aromatic rings.